The van der Waals surface area contributed by atoms with Crippen LogP contribution in [0.4, 0.5) is 11.5 Å². The zero-order valence-corrected chi connectivity index (χ0v) is 12.1. The van der Waals surface area contributed by atoms with E-state index in [0.717, 1.165) is 5.56 Å². The smallest absolute Gasteiger partial charge is 0.161 e. The predicted molar refractivity (Wildman–Crippen MR) is 80.5 cm³/mol. The molecule has 2 aromatic rings. The lowest BCUT2D eigenvalue weighted by molar-refractivity contribution is 0.354. The zero-order chi connectivity index (χ0) is 14.5. The number of pyridine rings is 1. The molecule has 0 unspecified atom stereocenters. The molecular weight excluding hydrogens is 278 g/mol. The van der Waals surface area contributed by atoms with Gasteiger partial charge >= 0.3 is 0 Å². The van der Waals surface area contributed by atoms with Gasteiger partial charge in [0, 0.05) is 6.54 Å². The molecule has 3 N–H and O–H groups in total. The molecule has 2 rings (SSSR count). The average Bonchev–Trinajstić information content (AvgIpc) is 2.47. The molecule has 0 aliphatic heterocycles. The van der Waals surface area contributed by atoms with Crippen LogP contribution in [0.1, 0.15) is 5.56 Å². The Balaban J connectivity index is 2.12. The predicted octanol–water partition coefficient (Wildman–Crippen LogP) is 2.95. The molecule has 6 heteroatoms. The van der Waals surface area contributed by atoms with Gasteiger partial charge in [0.1, 0.15) is 5.15 Å². The number of nitrogens with two attached hydrogens (primary N) is 1. The van der Waals surface area contributed by atoms with Crippen LogP contribution in [0.2, 0.25) is 5.15 Å². The number of hydrogen-bond donors (Lipinski definition) is 2. The van der Waals surface area contributed by atoms with Crippen LogP contribution in [0, 0.1) is 0 Å². The molecule has 1 aromatic heterocycles. The summed E-state index contributed by atoms with van der Waals surface area (Å²) < 4.78 is 10.5. The number of ether oxygens (including phenoxy) is 2. The standard InChI is InChI=1S/C14H16ClN3O2/c1-19-11-5-3-9(7-12(11)20-2)8-17-14-10(16)4-6-13(15)18-14/h3-7H,8,16H2,1-2H3,(H,17,18). The second-order valence-electron chi connectivity index (χ2n) is 4.11. The van der Waals surface area contributed by atoms with Gasteiger partial charge in [-0.05, 0) is 29.8 Å². The van der Waals surface area contributed by atoms with Crippen molar-refractivity contribution in [3.05, 3.63) is 41.0 Å². The van der Waals surface area contributed by atoms with Crippen LogP contribution in [0.3, 0.4) is 0 Å². The molecule has 0 atom stereocenters. The summed E-state index contributed by atoms with van der Waals surface area (Å²) in [6, 6.07) is 9.05. The third-order valence-corrected chi connectivity index (χ3v) is 3.01. The van der Waals surface area contributed by atoms with Crippen molar-refractivity contribution in [2.75, 3.05) is 25.3 Å². The van der Waals surface area contributed by atoms with Crippen molar-refractivity contribution in [3.8, 4) is 11.5 Å². The molecule has 0 aliphatic rings. The maximum absolute atomic E-state index is 5.84. The Morgan fingerprint density at radius 3 is 2.60 bits per heavy atom. The summed E-state index contributed by atoms with van der Waals surface area (Å²) in [5, 5.41) is 3.54. The number of methoxy groups -OCH3 is 2. The first kappa shape index (κ1) is 14.3. The molecule has 0 spiro atoms. The third-order valence-electron chi connectivity index (χ3n) is 2.80. The number of nitrogens with zero attached hydrogens (tertiary/aromatic N) is 1. The van der Waals surface area contributed by atoms with Gasteiger partial charge in [-0.1, -0.05) is 17.7 Å². The van der Waals surface area contributed by atoms with Crippen LogP contribution in [-0.2, 0) is 6.54 Å². The maximum Gasteiger partial charge on any atom is 0.161 e. The van der Waals surface area contributed by atoms with E-state index in [9.17, 15) is 0 Å². The van der Waals surface area contributed by atoms with Crippen molar-refractivity contribution in [1.29, 1.82) is 0 Å². The summed E-state index contributed by atoms with van der Waals surface area (Å²) >= 11 is 5.84. The highest BCUT2D eigenvalue weighted by Crippen LogP contribution is 2.28. The fourth-order valence-corrected chi connectivity index (χ4v) is 1.91. The Kier molecular flexibility index (Phi) is 4.53. The van der Waals surface area contributed by atoms with E-state index < -0.39 is 0 Å². The van der Waals surface area contributed by atoms with Crippen molar-refractivity contribution in [3.63, 3.8) is 0 Å². The third kappa shape index (κ3) is 3.24. The Morgan fingerprint density at radius 2 is 1.90 bits per heavy atom. The minimum atomic E-state index is 0.397. The lowest BCUT2D eigenvalue weighted by Crippen LogP contribution is -2.05. The number of halogens is 1. The fraction of sp³-hybridized carbons (Fsp3) is 0.214. The monoisotopic (exact) mass is 293 g/mol. The molecule has 0 bridgehead atoms. The summed E-state index contributed by atoms with van der Waals surface area (Å²) in [4.78, 5) is 4.14. The highest BCUT2D eigenvalue weighted by atomic mass is 35.5. The van der Waals surface area contributed by atoms with Crippen molar-refractivity contribution >= 4 is 23.1 Å². The summed E-state index contributed by atoms with van der Waals surface area (Å²) in [6.07, 6.45) is 0. The van der Waals surface area contributed by atoms with E-state index >= 15 is 0 Å². The van der Waals surface area contributed by atoms with E-state index in [2.05, 4.69) is 10.3 Å². The van der Waals surface area contributed by atoms with Gasteiger partial charge in [0.15, 0.2) is 17.3 Å². The zero-order valence-electron chi connectivity index (χ0n) is 11.3. The van der Waals surface area contributed by atoms with E-state index in [1.165, 1.54) is 0 Å². The normalized spacial score (nSPS) is 10.2. The highest BCUT2D eigenvalue weighted by Gasteiger charge is 2.06. The van der Waals surface area contributed by atoms with E-state index in [-0.39, 0.29) is 0 Å². The van der Waals surface area contributed by atoms with Crippen LogP contribution in [0.25, 0.3) is 0 Å². The quantitative estimate of drug-likeness (QED) is 0.830. The molecule has 0 amide bonds. The molecular formula is C14H16ClN3O2. The van der Waals surface area contributed by atoms with Crippen LogP contribution < -0.4 is 20.5 Å². The molecule has 20 heavy (non-hydrogen) atoms. The summed E-state index contributed by atoms with van der Waals surface area (Å²) in [6.45, 7) is 0.553. The van der Waals surface area contributed by atoms with Crippen molar-refractivity contribution < 1.29 is 9.47 Å². The number of hydrogen-bond acceptors (Lipinski definition) is 5. The van der Waals surface area contributed by atoms with Crippen molar-refractivity contribution in [2.24, 2.45) is 0 Å². The average molecular weight is 294 g/mol. The van der Waals surface area contributed by atoms with E-state index in [1.807, 2.05) is 18.2 Å². The Morgan fingerprint density at radius 1 is 1.15 bits per heavy atom. The lowest BCUT2D eigenvalue weighted by Gasteiger charge is -2.11. The molecule has 5 nitrogen and oxygen atoms in total. The van der Waals surface area contributed by atoms with Gasteiger partial charge in [0.25, 0.3) is 0 Å². The first-order chi connectivity index (χ1) is 9.63. The van der Waals surface area contributed by atoms with Gasteiger partial charge in [-0.25, -0.2) is 4.98 Å². The van der Waals surface area contributed by atoms with Gasteiger partial charge in [0.05, 0.1) is 19.9 Å². The number of benzene rings is 1. The molecule has 0 radical (unpaired) electrons. The van der Waals surface area contributed by atoms with Gasteiger partial charge in [-0.15, -0.1) is 0 Å². The van der Waals surface area contributed by atoms with E-state index in [1.54, 1.807) is 26.4 Å². The molecule has 0 saturated heterocycles. The van der Waals surface area contributed by atoms with Crippen LogP contribution >= 0.6 is 11.6 Å². The molecule has 1 heterocycles. The fourth-order valence-electron chi connectivity index (χ4n) is 1.76. The van der Waals surface area contributed by atoms with E-state index in [0.29, 0.717) is 34.7 Å². The molecule has 0 saturated carbocycles. The number of nitrogens with one attached hydrogen (secondary N) is 1. The van der Waals surface area contributed by atoms with Crippen LogP contribution in [0.15, 0.2) is 30.3 Å². The molecule has 106 valence electrons. The number of anilines is 2. The van der Waals surface area contributed by atoms with Crippen molar-refractivity contribution in [1.82, 2.24) is 4.98 Å². The molecule has 0 fully saturated rings. The maximum atomic E-state index is 5.84. The van der Waals surface area contributed by atoms with Crippen LogP contribution in [-0.4, -0.2) is 19.2 Å². The lowest BCUT2D eigenvalue weighted by atomic mass is 10.2. The van der Waals surface area contributed by atoms with Gasteiger partial charge in [0.2, 0.25) is 0 Å². The first-order valence-corrected chi connectivity index (χ1v) is 6.38. The van der Waals surface area contributed by atoms with Crippen molar-refractivity contribution in [2.45, 2.75) is 6.54 Å². The van der Waals surface area contributed by atoms with Crippen LogP contribution in [0.5, 0.6) is 11.5 Å². The number of nitrogen functional groups attached to an aromatic ring is 1. The number of aromatic nitrogens is 1. The van der Waals surface area contributed by atoms with Gasteiger partial charge in [-0.3, -0.25) is 0 Å². The topological polar surface area (TPSA) is 69.4 Å². The SMILES string of the molecule is COc1ccc(CNc2nc(Cl)ccc2N)cc1OC. The largest absolute Gasteiger partial charge is 0.493 e. The summed E-state index contributed by atoms with van der Waals surface area (Å²) in [5.41, 5.74) is 7.40. The molecule has 1 aromatic carbocycles. The Bertz CT molecular complexity index is 605. The van der Waals surface area contributed by atoms with Gasteiger partial charge < -0.3 is 20.5 Å². The summed E-state index contributed by atoms with van der Waals surface area (Å²) in [5.74, 6) is 1.93. The van der Waals surface area contributed by atoms with E-state index in [4.69, 9.17) is 26.8 Å². The second-order valence-corrected chi connectivity index (χ2v) is 4.50. The Labute approximate surface area is 122 Å². The second kappa shape index (κ2) is 6.34. The van der Waals surface area contributed by atoms with Gasteiger partial charge in [-0.2, -0.15) is 0 Å². The highest BCUT2D eigenvalue weighted by molar-refractivity contribution is 6.29. The minimum Gasteiger partial charge on any atom is -0.493 e. The number of rotatable bonds is 5. The summed E-state index contributed by atoms with van der Waals surface area (Å²) in [7, 11) is 3.21. The Hall–Kier alpha value is -2.14. The minimum absolute atomic E-state index is 0.397. The first-order valence-electron chi connectivity index (χ1n) is 6.01. The molecule has 0 aliphatic carbocycles.